The lowest BCUT2D eigenvalue weighted by Crippen LogP contribution is -2.44. The Morgan fingerprint density at radius 1 is 1.08 bits per heavy atom. The molecule has 1 aromatic rings. The van der Waals surface area contributed by atoms with Crippen LogP contribution in [0.4, 0.5) is 10.5 Å². The lowest BCUT2D eigenvalue weighted by Gasteiger charge is -2.35. The van der Waals surface area contributed by atoms with Crippen molar-refractivity contribution in [1.29, 1.82) is 0 Å². The zero-order valence-electron chi connectivity index (χ0n) is 23.5. The van der Waals surface area contributed by atoms with Crippen LogP contribution in [0.15, 0.2) is 12.3 Å². The Labute approximate surface area is 226 Å². The summed E-state index contributed by atoms with van der Waals surface area (Å²) in [4.78, 5) is 42.7. The number of hydrogen-bond donors (Lipinski definition) is 3. The molecule has 3 amide bonds. The number of alkyl carbamates (subject to hydrolysis) is 1. The molecule has 0 bridgehead atoms. The van der Waals surface area contributed by atoms with Gasteiger partial charge in [0.15, 0.2) is 0 Å². The molecule has 0 spiro atoms. The van der Waals surface area contributed by atoms with Crippen molar-refractivity contribution in [2.45, 2.75) is 109 Å². The molecule has 0 aromatic carbocycles. The first-order valence-electron chi connectivity index (χ1n) is 14.4. The number of carbonyl (C=O) groups is 3. The number of hydrogen-bond acceptors (Lipinski definition) is 7. The van der Waals surface area contributed by atoms with Crippen LogP contribution in [0.2, 0.25) is 0 Å². The summed E-state index contributed by atoms with van der Waals surface area (Å²) in [5, 5.41) is 9.21. The van der Waals surface area contributed by atoms with Gasteiger partial charge in [0.1, 0.15) is 5.60 Å². The number of carbonyl (C=O) groups excluding carboxylic acids is 3. The van der Waals surface area contributed by atoms with E-state index in [0.717, 1.165) is 68.2 Å². The number of rotatable bonds is 7. The molecule has 38 heavy (non-hydrogen) atoms. The van der Waals surface area contributed by atoms with E-state index in [0.29, 0.717) is 18.9 Å². The van der Waals surface area contributed by atoms with Gasteiger partial charge in [-0.05, 0) is 103 Å². The van der Waals surface area contributed by atoms with Gasteiger partial charge in [-0.15, -0.1) is 0 Å². The molecule has 4 rings (SSSR count). The number of ether oxygens (including phenoxy) is 1. The number of imide groups is 1. The van der Waals surface area contributed by atoms with E-state index < -0.39 is 5.60 Å². The summed E-state index contributed by atoms with van der Waals surface area (Å²) in [6, 6.07) is 2.76. The maximum atomic E-state index is 12.2. The van der Waals surface area contributed by atoms with Crippen LogP contribution in [0.1, 0.15) is 95.7 Å². The molecule has 3 aliphatic rings. The Balaban J connectivity index is 1.14. The zero-order chi connectivity index (χ0) is 27.3. The molecule has 1 aromatic heterocycles. The number of anilines is 1. The van der Waals surface area contributed by atoms with Gasteiger partial charge in [0.25, 0.3) is 0 Å². The molecule has 0 radical (unpaired) electrons. The minimum atomic E-state index is -0.461. The quantitative estimate of drug-likeness (QED) is 0.461. The van der Waals surface area contributed by atoms with Crippen LogP contribution < -0.4 is 20.9 Å². The summed E-state index contributed by atoms with van der Waals surface area (Å²) in [5.74, 6) is -0.0478. The normalized spacial score (nSPS) is 25.2. The smallest absolute Gasteiger partial charge is 0.407 e. The van der Waals surface area contributed by atoms with Crippen molar-refractivity contribution >= 4 is 23.6 Å². The highest BCUT2D eigenvalue weighted by atomic mass is 16.6. The summed E-state index contributed by atoms with van der Waals surface area (Å²) in [7, 11) is 0. The summed E-state index contributed by atoms with van der Waals surface area (Å²) in [5.41, 5.74) is 2.58. The first-order chi connectivity index (χ1) is 18.1. The first kappa shape index (κ1) is 28.3. The van der Waals surface area contributed by atoms with Gasteiger partial charge in [0.05, 0.1) is 23.5 Å². The van der Waals surface area contributed by atoms with E-state index >= 15 is 0 Å². The van der Waals surface area contributed by atoms with Gasteiger partial charge >= 0.3 is 6.09 Å². The third-order valence-corrected chi connectivity index (χ3v) is 8.09. The minimum Gasteiger partial charge on any atom is -0.444 e. The first-order valence-corrected chi connectivity index (χ1v) is 14.4. The lowest BCUT2D eigenvalue weighted by molar-refractivity contribution is -0.134. The Bertz CT molecular complexity index is 991. The van der Waals surface area contributed by atoms with E-state index in [-0.39, 0.29) is 29.9 Å². The number of amides is 3. The molecule has 3 N–H and O–H groups in total. The Kier molecular flexibility index (Phi) is 9.28. The molecule has 9 nitrogen and oxygen atoms in total. The van der Waals surface area contributed by atoms with Gasteiger partial charge in [-0.2, -0.15) is 0 Å². The highest BCUT2D eigenvalue weighted by Gasteiger charge is 2.30. The number of nitrogens with zero attached hydrogens (tertiary/aromatic N) is 2. The molecule has 210 valence electrons. The van der Waals surface area contributed by atoms with Gasteiger partial charge < -0.3 is 20.3 Å². The molecule has 9 heteroatoms. The van der Waals surface area contributed by atoms with Crippen LogP contribution in [0.3, 0.4) is 0 Å². The van der Waals surface area contributed by atoms with Gasteiger partial charge in [-0.3, -0.25) is 19.9 Å². The van der Waals surface area contributed by atoms with Crippen molar-refractivity contribution in [2.75, 3.05) is 24.5 Å². The molecular weight excluding hydrogens is 482 g/mol. The molecule has 3 heterocycles. The summed E-state index contributed by atoms with van der Waals surface area (Å²) >= 11 is 0. The second-order valence-electron chi connectivity index (χ2n) is 12.3. The standard InChI is InChI=1S/C29H45N5O4/c1-19-17-24(23-9-10-26(35)33-27(23)36)31-18-25(19)34-15-12-20(13-16-34)11-14-30-21-5-7-22(8-6-21)32-28(37)38-29(2,3)4/h17-18,20-23,30H,5-16H2,1-4H3,(H,32,37)(H,33,35,36). The summed E-state index contributed by atoms with van der Waals surface area (Å²) < 4.78 is 5.38. The second-order valence-corrected chi connectivity index (χ2v) is 12.3. The summed E-state index contributed by atoms with van der Waals surface area (Å²) in [6.07, 6.45) is 10.2. The van der Waals surface area contributed by atoms with Crippen molar-refractivity contribution in [3.05, 3.63) is 23.5 Å². The number of nitrogens with one attached hydrogen (secondary N) is 3. The SMILES string of the molecule is Cc1cc(C2CCC(=O)NC2=O)ncc1N1CCC(CCNC2CCC(NC(=O)OC(C)(C)C)CC2)CC1. The van der Waals surface area contributed by atoms with Crippen molar-refractivity contribution in [3.8, 4) is 0 Å². The largest absolute Gasteiger partial charge is 0.444 e. The molecule has 1 atom stereocenters. The van der Waals surface area contributed by atoms with E-state index in [1.54, 1.807) is 0 Å². The molecule has 2 saturated heterocycles. The van der Waals surface area contributed by atoms with Gasteiger partial charge in [0, 0.05) is 31.6 Å². The fraction of sp³-hybridized carbons (Fsp3) is 0.724. The highest BCUT2D eigenvalue weighted by molar-refractivity contribution is 6.00. The van der Waals surface area contributed by atoms with Crippen LogP contribution in [0.25, 0.3) is 0 Å². The number of aryl methyl sites for hydroxylation is 1. The fourth-order valence-corrected chi connectivity index (χ4v) is 5.94. The average molecular weight is 528 g/mol. The van der Waals surface area contributed by atoms with Crippen LogP contribution in [0.5, 0.6) is 0 Å². The van der Waals surface area contributed by atoms with Crippen molar-refractivity contribution in [1.82, 2.24) is 20.9 Å². The monoisotopic (exact) mass is 527 g/mol. The van der Waals surface area contributed by atoms with Crippen LogP contribution in [0, 0.1) is 12.8 Å². The zero-order valence-corrected chi connectivity index (χ0v) is 23.5. The van der Waals surface area contributed by atoms with Crippen LogP contribution in [-0.4, -0.2) is 60.2 Å². The third kappa shape index (κ3) is 7.91. The molecule has 1 aliphatic carbocycles. The van der Waals surface area contributed by atoms with Gasteiger partial charge in [-0.25, -0.2) is 4.79 Å². The maximum Gasteiger partial charge on any atom is 0.407 e. The average Bonchev–Trinajstić information content (AvgIpc) is 2.84. The third-order valence-electron chi connectivity index (χ3n) is 8.09. The molecule has 3 fully saturated rings. The van der Waals surface area contributed by atoms with Crippen LogP contribution in [-0.2, 0) is 14.3 Å². The molecule has 1 unspecified atom stereocenters. The van der Waals surface area contributed by atoms with E-state index in [4.69, 9.17) is 4.74 Å². The Morgan fingerprint density at radius 2 is 1.76 bits per heavy atom. The predicted molar refractivity (Wildman–Crippen MR) is 147 cm³/mol. The highest BCUT2D eigenvalue weighted by Crippen LogP contribution is 2.30. The lowest BCUT2D eigenvalue weighted by atomic mass is 9.90. The molecule has 1 saturated carbocycles. The van der Waals surface area contributed by atoms with Gasteiger partial charge in [0.2, 0.25) is 11.8 Å². The van der Waals surface area contributed by atoms with Crippen LogP contribution >= 0.6 is 0 Å². The molecular formula is C29H45N5O4. The van der Waals surface area contributed by atoms with Crippen molar-refractivity contribution in [2.24, 2.45) is 5.92 Å². The van der Waals surface area contributed by atoms with Gasteiger partial charge in [-0.1, -0.05) is 0 Å². The number of aromatic nitrogens is 1. The Morgan fingerprint density at radius 3 is 2.39 bits per heavy atom. The minimum absolute atomic E-state index is 0.197. The van der Waals surface area contributed by atoms with Crippen molar-refractivity contribution in [3.63, 3.8) is 0 Å². The van der Waals surface area contributed by atoms with E-state index in [1.165, 1.54) is 19.3 Å². The van der Waals surface area contributed by atoms with E-state index in [9.17, 15) is 14.4 Å². The predicted octanol–water partition coefficient (Wildman–Crippen LogP) is 3.94. The second kappa shape index (κ2) is 12.5. The van der Waals surface area contributed by atoms with E-state index in [1.807, 2.05) is 33.0 Å². The van der Waals surface area contributed by atoms with Crippen molar-refractivity contribution < 1.29 is 19.1 Å². The Hall–Kier alpha value is -2.68. The molecule has 2 aliphatic heterocycles. The topological polar surface area (TPSA) is 113 Å². The number of piperidine rings is 2. The van der Waals surface area contributed by atoms with E-state index in [2.05, 4.69) is 32.8 Å². The maximum absolute atomic E-state index is 12.2. The summed E-state index contributed by atoms with van der Waals surface area (Å²) in [6.45, 7) is 10.8. The fourth-order valence-electron chi connectivity index (χ4n) is 5.94. The number of pyridine rings is 1.